The molecule has 1 saturated carbocycles. The normalized spacial score (nSPS) is 31.7. The number of carbonyl (C=O) groups is 1. The van der Waals surface area contributed by atoms with Gasteiger partial charge in [-0.3, -0.25) is 4.79 Å². The number of alkyl halides is 1. The molecule has 0 aliphatic heterocycles. The van der Waals surface area contributed by atoms with E-state index in [4.69, 9.17) is 11.6 Å². The molecule has 0 aromatic heterocycles. The third-order valence-corrected chi connectivity index (χ3v) is 3.73. The van der Waals surface area contributed by atoms with Crippen LogP contribution in [0.15, 0.2) is 0 Å². The van der Waals surface area contributed by atoms with E-state index in [1.807, 2.05) is 0 Å². The molecular formula is C12H22ClNO. The lowest BCUT2D eigenvalue weighted by molar-refractivity contribution is -0.120. The number of hydrogen-bond acceptors (Lipinski definition) is 1. The molecule has 1 amide bonds. The molecule has 0 unspecified atom stereocenters. The van der Waals surface area contributed by atoms with E-state index >= 15 is 0 Å². The molecule has 0 heterocycles. The summed E-state index contributed by atoms with van der Waals surface area (Å²) in [7, 11) is 0. The van der Waals surface area contributed by atoms with E-state index in [-0.39, 0.29) is 11.8 Å². The quantitative estimate of drug-likeness (QED) is 0.744. The molecule has 0 aromatic carbocycles. The first-order valence-electron chi connectivity index (χ1n) is 5.90. The van der Waals surface area contributed by atoms with Gasteiger partial charge in [-0.15, -0.1) is 11.6 Å². The van der Waals surface area contributed by atoms with Crippen molar-refractivity contribution >= 4 is 17.5 Å². The van der Waals surface area contributed by atoms with Crippen molar-refractivity contribution < 1.29 is 4.79 Å². The summed E-state index contributed by atoms with van der Waals surface area (Å²) in [5, 5.41) is 3.06. The number of hydrogen-bond donors (Lipinski definition) is 1. The number of nitrogens with one attached hydrogen (secondary N) is 1. The van der Waals surface area contributed by atoms with Crippen LogP contribution >= 0.6 is 11.6 Å². The molecule has 1 aliphatic rings. The summed E-state index contributed by atoms with van der Waals surface area (Å²) in [6, 6.07) is 0.333. The Bertz CT molecular complexity index is 218. The first kappa shape index (κ1) is 12.8. The van der Waals surface area contributed by atoms with Crippen LogP contribution in [0.5, 0.6) is 0 Å². The summed E-state index contributed by atoms with van der Waals surface area (Å²) in [4.78, 5) is 11.3. The standard InChI is InChI=1S/C12H22ClNO/c1-8(2)10-5-4-9(3)6-11(10)14-12(15)7-13/h8-11H,4-7H2,1-3H3,(H,14,15)/t9-,10+,11-/m0/s1. The molecule has 0 aromatic rings. The van der Waals surface area contributed by atoms with Crippen LogP contribution in [-0.4, -0.2) is 17.8 Å². The fourth-order valence-electron chi connectivity index (χ4n) is 2.61. The van der Waals surface area contributed by atoms with E-state index in [0.717, 1.165) is 12.3 Å². The van der Waals surface area contributed by atoms with Gasteiger partial charge in [-0.2, -0.15) is 0 Å². The van der Waals surface area contributed by atoms with Crippen LogP contribution in [0.1, 0.15) is 40.0 Å². The van der Waals surface area contributed by atoms with Gasteiger partial charge in [0.1, 0.15) is 5.88 Å². The molecule has 15 heavy (non-hydrogen) atoms. The molecule has 3 atom stereocenters. The van der Waals surface area contributed by atoms with Gasteiger partial charge in [0.15, 0.2) is 0 Å². The highest BCUT2D eigenvalue weighted by Gasteiger charge is 2.31. The SMILES string of the molecule is CC(C)[C@H]1CC[C@H](C)C[C@@H]1NC(=O)CCl. The Morgan fingerprint density at radius 2 is 2.13 bits per heavy atom. The lowest BCUT2D eigenvalue weighted by Crippen LogP contribution is -2.46. The maximum atomic E-state index is 11.3. The van der Waals surface area contributed by atoms with Crippen LogP contribution in [0, 0.1) is 17.8 Å². The van der Waals surface area contributed by atoms with E-state index in [1.54, 1.807) is 0 Å². The highest BCUT2D eigenvalue weighted by molar-refractivity contribution is 6.27. The summed E-state index contributed by atoms with van der Waals surface area (Å²) in [5.74, 6) is 2.03. The zero-order valence-corrected chi connectivity index (χ0v) is 10.7. The van der Waals surface area contributed by atoms with Gasteiger partial charge in [-0.05, 0) is 30.6 Å². The number of amides is 1. The van der Waals surface area contributed by atoms with Crippen molar-refractivity contribution in [3.63, 3.8) is 0 Å². The second-order valence-electron chi connectivity index (χ2n) is 5.13. The Hall–Kier alpha value is -0.240. The Kier molecular flexibility index (Phi) is 4.91. The second kappa shape index (κ2) is 5.74. The third kappa shape index (κ3) is 3.67. The minimum Gasteiger partial charge on any atom is -0.352 e. The molecule has 1 aliphatic carbocycles. The van der Waals surface area contributed by atoms with Gasteiger partial charge in [0.05, 0.1) is 0 Å². The van der Waals surface area contributed by atoms with Crippen LogP contribution in [-0.2, 0) is 4.79 Å². The zero-order chi connectivity index (χ0) is 11.4. The minimum absolute atomic E-state index is 0.0265. The highest BCUT2D eigenvalue weighted by Crippen LogP contribution is 2.33. The second-order valence-corrected chi connectivity index (χ2v) is 5.40. The summed E-state index contributed by atoms with van der Waals surface area (Å²) >= 11 is 5.52. The van der Waals surface area contributed by atoms with Crippen LogP contribution < -0.4 is 5.32 Å². The van der Waals surface area contributed by atoms with Crippen molar-refractivity contribution in [2.75, 3.05) is 5.88 Å². The van der Waals surface area contributed by atoms with E-state index in [0.29, 0.717) is 17.9 Å². The van der Waals surface area contributed by atoms with Gasteiger partial charge in [0.2, 0.25) is 5.91 Å². The summed E-state index contributed by atoms with van der Waals surface area (Å²) in [6.45, 7) is 6.73. The predicted octanol–water partition coefficient (Wildman–Crippen LogP) is 2.80. The summed E-state index contributed by atoms with van der Waals surface area (Å²) in [5.41, 5.74) is 0. The first-order chi connectivity index (χ1) is 7.04. The molecule has 0 radical (unpaired) electrons. The Morgan fingerprint density at radius 1 is 1.47 bits per heavy atom. The van der Waals surface area contributed by atoms with E-state index in [1.165, 1.54) is 12.8 Å². The third-order valence-electron chi connectivity index (χ3n) is 3.49. The average Bonchev–Trinajstić information content (AvgIpc) is 2.17. The fourth-order valence-corrected chi connectivity index (χ4v) is 2.69. The van der Waals surface area contributed by atoms with Crippen LogP contribution in [0.4, 0.5) is 0 Å². The molecule has 3 heteroatoms. The minimum atomic E-state index is -0.0265. The Labute approximate surface area is 97.8 Å². The molecule has 0 bridgehead atoms. The highest BCUT2D eigenvalue weighted by atomic mass is 35.5. The molecule has 1 N–H and O–H groups in total. The van der Waals surface area contributed by atoms with E-state index in [9.17, 15) is 4.79 Å². The van der Waals surface area contributed by atoms with Gasteiger partial charge in [0, 0.05) is 6.04 Å². The van der Waals surface area contributed by atoms with Gasteiger partial charge in [0.25, 0.3) is 0 Å². The first-order valence-corrected chi connectivity index (χ1v) is 6.43. The van der Waals surface area contributed by atoms with Gasteiger partial charge < -0.3 is 5.32 Å². The number of carbonyl (C=O) groups excluding carboxylic acids is 1. The lowest BCUT2D eigenvalue weighted by atomic mass is 9.74. The van der Waals surface area contributed by atoms with Crippen molar-refractivity contribution in [3.05, 3.63) is 0 Å². The molecular weight excluding hydrogens is 210 g/mol. The average molecular weight is 232 g/mol. The van der Waals surface area contributed by atoms with Crippen LogP contribution in [0.2, 0.25) is 0 Å². The Morgan fingerprint density at radius 3 is 2.67 bits per heavy atom. The maximum absolute atomic E-state index is 11.3. The van der Waals surface area contributed by atoms with Crippen molar-refractivity contribution in [1.29, 1.82) is 0 Å². The topological polar surface area (TPSA) is 29.1 Å². The molecule has 1 rings (SSSR count). The lowest BCUT2D eigenvalue weighted by Gasteiger charge is -2.37. The van der Waals surface area contributed by atoms with Gasteiger partial charge in [-0.25, -0.2) is 0 Å². The van der Waals surface area contributed by atoms with Crippen molar-refractivity contribution in [2.24, 2.45) is 17.8 Å². The largest absolute Gasteiger partial charge is 0.352 e. The summed E-state index contributed by atoms with van der Waals surface area (Å²) in [6.07, 6.45) is 3.62. The van der Waals surface area contributed by atoms with E-state index < -0.39 is 0 Å². The zero-order valence-electron chi connectivity index (χ0n) is 9.92. The summed E-state index contributed by atoms with van der Waals surface area (Å²) < 4.78 is 0. The van der Waals surface area contributed by atoms with Crippen LogP contribution in [0.25, 0.3) is 0 Å². The fraction of sp³-hybridized carbons (Fsp3) is 0.917. The van der Waals surface area contributed by atoms with Crippen molar-refractivity contribution in [1.82, 2.24) is 5.32 Å². The number of halogens is 1. The van der Waals surface area contributed by atoms with Crippen molar-refractivity contribution in [3.8, 4) is 0 Å². The molecule has 1 fully saturated rings. The maximum Gasteiger partial charge on any atom is 0.235 e. The van der Waals surface area contributed by atoms with E-state index in [2.05, 4.69) is 26.1 Å². The number of rotatable bonds is 3. The van der Waals surface area contributed by atoms with Crippen LogP contribution in [0.3, 0.4) is 0 Å². The van der Waals surface area contributed by atoms with Gasteiger partial charge in [-0.1, -0.05) is 27.2 Å². The molecule has 88 valence electrons. The molecule has 0 saturated heterocycles. The van der Waals surface area contributed by atoms with Gasteiger partial charge >= 0.3 is 0 Å². The smallest absolute Gasteiger partial charge is 0.235 e. The Balaban J connectivity index is 2.57. The predicted molar refractivity (Wildman–Crippen MR) is 64.0 cm³/mol. The van der Waals surface area contributed by atoms with Crippen molar-refractivity contribution in [2.45, 2.75) is 46.1 Å². The monoisotopic (exact) mass is 231 g/mol. The molecule has 0 spiro atoms. The molecule has 2 nitrogen and oxygen atoms in total.